The maximum Gasteiger partial charge on any atom is 0.255 e. The molecule has 1 aromatic rings. The molecule has 2 rings (SSSR count). The molecular weight excluding hydrogens is 306 g/mol. The Balaban J connectivity index is 1.98. The Kier molecular flexibility index (Phi) is 5.88. The van der Waals surface area contributed by atoms with Gasteiger partial charge in [-0.05, 0) is 13.0 Å². The Labute approximate surface area is 135 Å². The van der Waals surface area contributed by atoms with E-state index in [1.165, 1.54) is 13.2 Å². The fourth-order valence-corrected chi connectivity index (χ4v) is 2.56. The van der Waals surface area contributed by atoms with Crippen molar-refractivity contribution in [3.05, 3.63) is 22.7 Å². The van der Waals surface area contributed by atoms with Gasteiger partial charge in [-0.2, -0.15) is 0 Å². The van der Waals surface area contributed by atoms with Crippen molar-refractivity contribution in [1.29, 1.82) is 0 Å². The minimum absolute atomic E-state index is 0.223. The van der Waals surface area contributed by atoms with Crippen molar-refractivity contribution in [2.45, 2.75) is 13.0 Å². The number of halogens is 1. The SMILES string of the molecule is COc1cc(N)c(Cl)cc1C(=O)NCC(C)N1CCOCC1. The van der Waals surface area contributed by atoms with Crippen molar-refractivity contribution in [2.75, 3.05) is 45.7 Å². The number of benzene rings is 1. The van der Waals surface area contributed by atoms with E-state index in [0.717, 1.165) is 26.3 Å². The van der Waals surface area contributed by atoms with Crippen LogP contribution in [0.2, 0.25) is 5.02 Å². The normalized spacial score (nSPS) is 17.0. The standard InChI is InChI=1S/C15H22ClN3O3/c1-10(19-3-5-22-6-4-19)9-18-15(20)11-7-12(16)13(17)8-14(11)21-2/h7-8,10H,3-6,9,17H2,1-2H3,(H,18,20). The van der Waals surface area contributed by atoms with Crippen LogP contribution in [-0.4, -0.2) is 56.8 Å². The van der Waals surface area contributed by atoms with Crippen molar-refractivity contribution in [3.8, 4) is 5.75 Å². The van der Waals surface area contributed by atoms with Gasteiger partial charge in [0.05, 0.1) is 36.6 Å². The predicted octanol–water partition coefficient (Wildman–Crippen LogP) is 1.38. The van der Waals surface area contributed by atoms with Crippen LogP contribution in [0.25, 0.3) is 0 Å². The lowest BCUT2D eigenvalue weighted by Crippen LogP contribution is -2.47. The van der Waals surface area contributed by atoms with Gasteiger partial charge in [-0.3, -0.25) is 9.69 Å². The molecule has 0 saturated carbocycles. The molecule has 1 unspecified atom stereocenters. The first-order chi connectivity index (χ1) is 10.5. The lowest BCUT2D eigenvalue weighted by molar-refractivity contribution is 0.0204. The average Bonchev–Trinajstić information content (AvgIpc) is 2.55. The largest absolute Gasteiger partial charge is 0.496 e. The highest BCUT2D eigenvalue weighted by Crippen LogP contribution is 2.28. The molecule has 1 amide bonds. The molecule has 0 aromatic heterocycles. The van der Waals surface area contributed by atoms with Gasteiger partial charge < -0.3 is 20.5 Å². The molecule has 1 aliphatic heterocycles. The average molecular weight is 328 g/mol. The number of carbonyl (C=O) groups excluding carboxylic acids is 1. The van der Waals surface area contributed by atoms with Gasteiger partial charge in [0.15, 0.2) is 0 Å². The zero-order valence-electron chi connectivity index (χ0n) is 12.9. The number of nitrogen functional groups attached to an aromatic ring is 1. The van der Waals surface area contributed by atoms with E-state index >= 15 is 0 Å². The van der Waals surface area contributed by atoms with Gasteiger partial charge in [0, 0.05) is 31.7 Å². The molecule has 3 N–H and O–H groups in total. The number of hydrogen-bond acceptors (Lipinski definition) is 5. The number of nitrogens with one attached hydrogen (secondary N) is 1. The molecule has 0 bridgehead atoms. The lowest BCUT2D eigenvalue weighted by atomic mass is 10.1. The number of hydrogen-bond donors (Lipinski definition) is 2. The van der Waals surface area contributed by atoms with E-state index in [2.05, 4.69) is 17.1 Å². The van der Waals surface area contributed by atoms with Crippen LogP contribution >= 0.6 is 11.6 Å². The first-order valence-corrected chi connectivity index (χ1v) is 7.63. The smallest absolute Gasteiger partial charge is 0.255 e. The highest BCUT2D eigenvalue weighted by Gasteiger charge is 2.19. The fourth-order valence-electron chi connectivity index (χ4n) is 2.40. The number of rotatable bonds is 5. The molecule has 0 aliphatic carbocycles. The highest BCUT2D eigenvalue weighted by atomic mass is 35.5. The zero-order valence-corrected chi connectivity index (χ0v) is 13.7. The number of ether oxygens (including phenoxy) is 2. The van der Waals surface area contributed by atoms with E-state index in [-0.39, 0.29) is 11.9 Å². The minimum Gasteiger partial charge on any atom is -0.496 e. The Morgan fingerprint density at radius 3 is 2.82 bits per heavy atom. The summed E-state index contributed by atoms with van der Waals surface area (Å²) in [6, 6.07) is 3.33. The van der Waals surface area contributed by atoms with Crippen molar-refractivity contribution < 1.29 is 14.3 Å². The first kappa shape index (κ1) is 16.9. The predicted molar refractivity (Wildman–Crippen MR) is 86.6 cm³/mol. The van der Waals surface area contributed by atoms with Crippen LogP contribution in [0.1, 0.15) is 17.3 Å². The summed E-state index contributed by atoms with van der Waals surface area (Å²) in [5.74, 6) is 0.192. The topological polar surface area (TPSA) is 76.8 Å². The van der Waals surface area contributed by atoms with Crippen LogP contribution in [-0.2, 0) is 4.74 Å². The molecule has 122 valence electrons. The lowest BCUT2D eigenvalue weighted by Gasteiger charge is -2.32. The Hall–Kier alpha value is -1.50. The molecule has 1 aromatic carbocycles. The summed E-state index contributed by atoms with van der Waals surface area (Å²) < 4.78 is 10.5. The second-order valence-corrected chi connectivity index (χ2v) is 5.69. The molecule has 6 nitrogen and oxygen atoms in total. The zero-order chi connectivity index (χ0) is 16.1. The Morgan fingerprint density at radius 1 is 1.50 bits per heavy atom. The molecule has 22 heavy (non-hydrogen) atoms. The summed E-state index contributed by atoms with van der Waals surface area (Å²) in [5.41, 5.74) is 6.49. The minimum atomic E-state index is -0.223. The number of carbonyl (C=O) groups is 1. The van der Waals surface area contributed by atoms with Gasteiger partial charge >= 0.3 is 0 Å². The maximum atomic E-state index is 12.3. The molecule has 7 heteroatoms. The summed E-state index contributed by atoms with van der Waals surface area (Å²) in [7, 11) is 1.50. The third kappa shape index (κ3) is 4.03. The number of morpholine rings is 1. The first-order valence-electron chi connectivity index (χ1n) is 7.26. The summed E-state index contributed by atoms with van der Waals surface area (Å²) in [6.45, 7) is 5.87. The third-order valence-corrected chi connectivity index (χ3v) is 4.12. The number of nitrogens with zero attached hydrogens (tertiary/aromatic N) is 1. The second-order valence-electron chi connectivity index (χ2n) is 5.28. The summed E-state index contributed by atoms with van der Waals surface area (Å²) in [4.78, 5) is 14.6. The summed E-state index contributed by atoms with van der Waals surface area (Å²) >= 11 is 5.99. The molecule has 0 spiro atoms. The van der Waals surface area contributed by atoms with Gasteiger partial charge in [-0.1, -0.05) is 11.6 Å². The number of anilines is 1. The summed E-state index contributed by atoms with van der Waals surface area (Å²) in [6.07, 6.45) is 0. The second kappa shape index (κ2) is 7.67. The molecular formula is C15H22ClN3O3. The van der Waals surface area contributed by atoms with Crippen LogP contribution in [0.5, 0.6) is 5.75 Å². The third-order valence-electron chi connectivity index (χ3n) is 3.79. The number of methoxy groups -OCH3 is 1. The van der Waals surface area contributed by atoms with E-state index in [9.17, 15) is 4.79 Å². The maximum absolute atomic E-state index is 12.3. The van der Waals surface area contributed by atoms with Crippen LogP contribution in [0.3, 0.4) is 0 Å². The molecule has 1 saturated heterocycles. The van der Waals surface area contributed by atoms with E-state index in [1.807, 2.05) is 0 Å². The quantitative estimate of drug-likeness (QED) is 0.799. The van der Waals surface area contributed by atoms with Crippen molar-refractivity contribution in [3.63, 3.8) is 0 Å². The Morgan fingerprint density at radius 2 is 2.18 bits per heavy atom. The number of amides is 1. The Bertz CT molecular complexity index is 533. The van der Waals surface area contributed by atoms with E-state index in [4.69, 9.17) is 26.8 Å². The van der Waals surface area contributed by atoms with Gasteiger partial charge in [0.2, 0.25) is 0 Å². The highest BCUT2D eigenvalue weighted by molar-refractivity contribution is 6.33. The van der Waals surface area contributed by atoms with Crippen molar-refractivity contribution in [2.24, 2.45) is 0 Å². The van der Waals surface area contributed by atoms with Gasteiger partial charge in [0.25, 0.3) is 5.91 Å². The van der Waals surface area contributed by atoms with Crippen LogP contribution in [0, 0.1) is 0 Å². The van der Waals surface area contributed by atoms with Gasteiger partial charge in [0.1, 0.15) is 5.75 Å². The van der Waals surface area contributed by atoms with E-state index < -0.39 is 0 Å². The van der Waals surface area contributed by atoms with Gasteiger partial charge in [-0.15, -0.1) is 0 Å². The van der Waals surface area contributed by atoms with E-state index in [0.29, 0.717) is 28.6 Å². The van der Waals surface area contributed by atoms with Crippen molar-refractivity contribution in [1.82, 2.24) is 10.2 Å². The van der Waals surface area contributed by atoms with Crippen molar-refractivity contribution >= 4 is 23.2 Å². The van der Waals surface area contributed by atoms with Crippen LogP contribution in [0.4, 0.5) is 5.69 Å². The van der Waals surface area contributed by atoms with Crippen LogP contribution < -0.4 is 15.8 Å². The fraction of sp³-hybridized carbons (Fsp3) is 0.533. The summed E-state index contributed by atoms with van der Waals surface area (Å²) in [5, 5.41) is 3.26. The number of nitrogens with two attached hydrogens (primary N) is 1. The monoisotopic (exact) mass is 327 g/mol. The van der Waals surface area contributed by atoms with Gasteiger partial charge in [-0.25, -0.2) is 0 Å². The molecule has 1 aliphatic rings. The van der Waals surface area contributed by atoms with Crippen LogP contribution in [0.15, 0.2) is 12.1 Å². The molecule has 1 atom stereocenters. The molecule has 0 radical (unpaired) electrons. The molecule has 1 fully saturated rings. The van der Waals surface area contributed by atoms with E-state index in [1.54, 1.807) is 6.07 Å². The molecule has 1 heterocycles.